The lowest BCUT2D eigenvalue weighted by molar-refractivity contribution is -0.117. The van der Waals surface area contributed by atoms with Crippen LogP contribution in [0.5, 0.6) is 0 Å². The van der Waals surface area contributed by atoms with Gasteiger partial charge in [0.05, 0.1) is 5.69 Å². The average Bonchev–Trinajstić information content (AvgIpc) is 3.71. The fourth-order valence-corrected chi connectivity index (χ4v) is 5.62. The summed E-state index contributed by atoms with van der Waals surface area (Å²) in [5, 5.41) is 16.9. The van der Waals surface area contributed by atoms with Gasteiger partial charge in [0, 0.05) is 48.2 Å². The summed E-state index contributed by atoms with van der Waals surface area (Å²) >= 11 is 0. The summed E-state index contributed by atoms with van der Waals surface area (Å²) in [6.45, 7) is 1.48. The highest BCUT2D eigenvalue weighted by molar-refractivity contribution is 5.97. The van der Waals surface area contributed by atoms with Crippen LogP contribution < -0.4 is 16.1 Å². The second-order valence-corrected chi connectivity index (χ2v) is 10.7. The van der Waals surface area contributed by atoms with E-state index in [0.29, 0.717) is 29.2 Å². The Morgan fingerprint density at radius 2 is 1.79 bits per heavy atom. The van der Waals surface area contributed by atoms with Crippen LogP contribution >= 0.6 is 0 Å². The number of allylic oxidation sites excluding steroid dienone is 1. The van der Waals surface area contributed by atoms with Crippen LogP contribution in [0.4, 0.5) is 11.5 Å². The molecular weight excluding hydrogens is 480 g/mol. The largest absolute Gasteiger partial charge is 0.346 e. The first-order chi connectivity index (χ1) is 18.6. The molecule has 1 aromatic carbocycles. The highest BCUT2D eigenvalue weighted by Gasteiger charge is 2.30. The Labute approximate surface area is 221 Å². The number of likely N-dealkylation sites (tertiary alicyclic amines) is 1. The molecule has 5 N–H and O–H groups in total. The van der Waals surface area contributed by atoms with Crippen molar-refractivity contribution in [3.05, 3.63) is 59.8 Å². The summed E-state index contributed by atoms with van der Waals surface area (Å²) in [4.78, 5) is 34.9. The van der Waals surface area contributed by atoms with E-state index in [9.17, 15) is 9.59 Å². The highest BCUT2D eigenvalue weighted by atomic mass is 16.5. The number of fused-ring (bicyclic) bond motifs is 1. The molecular formula is C29H34N6O3. The summed E-state index contributed by atoms with van der Waals surface area (Å²) in [6.07, 6.45) is 11.0. The molecule has 38 heavy (non-hydrogen) atoms. The Kier molecular flexibility index (Phi) is 6.86. The molecule has 3 heterocycles. The lowest BCUT2D eigenvalue weighted by Gasteiger charge is -2.35. The Hall–Kier alpha value is -3.69. The molecule has 3 aliphatic rings. The van der Waals surface area contributed by atoms with E-state index in [0.717, 1.165) is 74.6 Å². The lowest BCUT2D eigenvalue weighted by atomic mass is 9.89. The number of carbonyl (C=O) groups is 2. The molecule has 1 saturated carbocycles. The molecule has 2 aromatic heterocycles. The summed E-state index contributed by atoms with van der Waals surface area (Å²) in [7, 11) is 0. The fourth-order valence-electron chi connectivity index (χ4n) is 5.62. The topological polar surface area (TPSA) is 122 Å². The zero-order valence-electron chi connectivity index (χ0n) is 21.4. The number of benzene rings is 1. The number of nitrogens with one attached hydrogen (secondary N) is 4. The molecule has 9 nitrogen and oxygen atoms in total. The number of hydrogen-bond donors (Lipinski definition) is 5. The van der Waals surface area contributed by atoms with E-state index in [1.807, 2.05) is 17.2 Å². The summed E-state index contributed by atoms with van der Waals surface area (Å²) < 4.78 is 0. The Morgan fingerprint density at radius 3 is 2.47 bits per heavy atom. The Morgan fingerprint density at radius 1 is 1.00 bits per heavy atom. The molecule has 3 aromatic rings. The number of amides is 2. The number of pyridine rings is 1. The molecule has 0 bridgehead atoms. The van der Waals surface area contributed by atoms with Crippen LogP contribution in [-0.4, -0.2) is 57.1 Å². The molecule has 1 unspecified atom stereocenters. The normalized spacial score (nSPS) is 20.3. The number of H-pyrrole nitrogens is 1. The van der Waals surface area contributed by atoms with Gasteiger partial charge in [-0.15, -0.1) is 0 Å². The summed E-state index contributed by atoms with van der Waals surface area (Å²) in [6, 6.07) is 11.8. The number of aromatic amines is 1. The number of rotatable bonds is 7. The molecule has 2 amide bonds. The third-order valence-corrected chi connectivity index (χ3v) is 8.00. The fraction of sp³-hybridized carbons (Fsp3) is 0.414. The molecule has 6 rings (SSSR count). The zero-order valence-corrected chi connectivity index (χ0v) is 21.4. The van der Waals surface area contributed by atoms with Gasteiger partial charge in [-0.1, -0.05) is 6.08 Å². The van der Waals surface area contributed by atoms with Crippen molar-refractivity contribution in [1.29, 1.82) is 0 Å². The summed E-state index contributed by atoms with van der Waals surface area (Å²) in [5.41, 5.74) is 6.56. The maximum atomic E-state index is 12.8. The number of nitrogens with zero attached hydrogens (tertiary/aromatic N) is 2. The standard InChI is InChI=1S/C29H34N6O3/c36-28(19-1-2-19)33-26-17-25(24-11-14-30-27(24)32-26)18-3-7-21(8-4-18)31-22-12-15-35(16-13-22)29(37)20-5-9-23(34-38)10-6-20/h3,5-6,9-11,14,17,19,21-22,31,34,38H,1-2,4,7-8,12-13,15-16H2,(H2,30,32,33,36). The van der Waals surface area contributed by atoms with Gasteiger partial charge in [0.15, 0.2) is 0 Å². The molecule has 9 heteroatoms. The van der Waals surface area contributed by atoms with Crippen LogP contribution in [0.25, 0.3) is 16.6 Å². The van der Waals surface area contributed by atoms with Gasteiger partial charge in [-0.25, -0.2) is 4.98 Å². The molecule has 1 saturated heterocycles. The summed E-state index contributed by atoms with van der Waals surface area (Å²) in [5.74, 6) is 0.872. The number of piperidine rings is 1. The first-order valence-electron chi connectivity index (χ1n) is 13.6. The van der Waals surface area contributed by atoms with E-state index < -0.39 is 0 Å². The van der Waals surface area contributed by atoms with Crippen LogP contribution in [0.3, 0.4) is 0 Å². The second-order valence-electron chi connectivity index (χ2n) is 10.7. The first kappa shape index (κ1) is 24.6. The number of anilines is 2. The third kappa shape index (κ3) is 5.30. The zero-order chi connectivity index (χ0) is 26.1. The van der Waals surface area contributed by atoms with Gasteiger partial charge in [0.25, 0.3) is 5.91 Å². The van der Waals surface area contributed by atoms with Crippen LogP contribution in [-0.2, 0) is 4.79 Å². The molecule has 0 radical (unpaired) electrons. The first-order valence-corrected chi connectivity index (χ1v) is 13.6. The smallest absolute Gasteiger partial charge is 0.253 e. The Balaban J connectivity index is 1.05. The second kappa shape index (κ2) is 10.6. The van der Waals surface area contributed by atoms with Crippen molar-refractivity contribution in [2.75, 3.05) is 23.9 Å². The van der Waals surface area contributed by atoms with Crippen molar-refractivity contribution in [3.63, 3.8) is 0 Å². The van der Waals surface area contributed by atoms with Crippen molar-refractivity contribution >= 4 is 39.9 Å². The van der Waals surface area contributed by atoms with E-state index in [-0.39, 0.29) is 17.7 Å². The van der Waals surface area contributed by atoms with Crippen molar-refractivity contribution in [2.24, 2.45) is 5.92 Å². The SMILES string of the molecule is O=C(Nc1cc(C2=CCC(NC3CCN(C(=O)c4ccc(NO)cc4)CC3)CC2)c2cc[nH]c2n1)C1CC1. The van der Waals surface area contributed by atoms with Crippen molar-refractivity contribution < 1.29 is 14.8 Å². The van der Waals surface area contributed by atoms with Crippen molar-refractivity contribution in [1.82, 2.24) is 20.2 Å². The van der Waals surface area contributed by atoms with Crippen LogP contribution in [0.15, 0.2) is 48.7 Å². The van der Waals surface area contributed by atoms with Gasteiger partial charge in [0.1, 0.15) is 11.5 Å². The van der Waals surface area contributed by atoms with Crippen LogP contribution in [0.2, 0.25) is 0 Å². The minimum Gasteiger partial charge on any atom is -0.346 e. The molecule has 2 aliphatic carbocycles. The van der Waals surface area contributed by atoms with Crippen molar-refractivity contribution in [3.8, 4) is 0 Å². The maximum Gasteiger partial charge on any atom is 0.253 e. The number of hydrogen-bond acceptors (Lipinski definition) is 6. The van der Waals surface area contributed by atoms with Crippen molar-refractivity contribution in [2.45, 2.75) is 57.0 Å². The van der Waals surface area contributed by atoms with Gasteiger partial charge >= 0.3 is 0 Å². The van der Waals surface area contributed by atoms with Gasteiger partial charge in [0.2, 0.25) is 5.91 Å². The predicted octanol–water partition coefficient (Wildman–Crippen LogP) is 4.54. The van der Waals surface area contributed by atoms with Gasteiger partial charge in [-0.05, 0) is 92.5 Å². The van der Waals surface area contributed by atoms with E-state index in [1.54, 1.807) is 24.3 Å². The highest BCUT2D eigenvalue weighted by Crippen LogP contribution is 2.34. The predicted molar refractivity (Wildman–Crippen MR) is 147 cm³/mol. The van der Waals surface area contributed by atoms with E-state index in [1.165, 1.54) is 5.57 Å². The van der Waals surface area contributed by atoms with Gasteiger partial charge in [-0.2, -0.15) is 0 Å². The van der Waals surface area contributed by atoms with E-state index >= 15 is 0 Å². The minimum absolute atomic E-state index is 0.0410. The average molecular weight is 515 g/mol. The maximum absolute atomic E-state index is 12.8. The van der Waals surface area contributed by atoms with E-state index in [2.05, 4.69) is 38.2 Å². The Bertz CT molecular complexity index is 1350. The molecule has 0 spiro atoms. The molecule has 2 fully saturated rings. The van der Waals surface area contributed by atoms with Crippen LogP contribution in [0.1, 0.15) is 60.9 Å². The van der Waals surface area contributed by atoms with Gasteiger partial charge in [-0.3, -0.25) is 20.3 Å². The molecule has 1 aliphatic heterocycles. The third-order valence-electron chi connectivity index (χ3n) is 8.00. The van der Waals surface area contributed by atoms with Gasteiger partial charge < -0.3 is 20.5 Å². The molecule has 198 valence electrons. The molecule has 1 atom stereocenters. The minimum atomic E-state index is 0.0410. The lowest BCUT2D eigenvalue weighted by Crippen LogP contribution is -2.48. The number of carbonyl (C=O) groups excluding carboxylic acids is 2. The quantitative estimate of drug-likeness (QED) is 0.295. The monoisotopic (exact) mass is 514 g/mol. The van der Waals surface area contributed by atoms with E-state index in [4.69, 9.17) is 5.21 Å². The van der Waals surface area contributed by atoms with Crippen LogP contribution in [0, 0.1) is 5.92 Å². The number of aromatic nitrogens is 2.